The standard InChI is InChI=1S/C10H13N3OS2/c1-6-7(2)15-10(12-6)16-9-11-4-8(5-14)13(9)3/h4,14H,5H2,1-3H3. The topological polar surface area (TPSA) is 50.9 Å². The third kappa shape index (κ3) is 2.14. The zero-order valence-electron chi connectivity index (χ0n) is 9.39. The molecule has 6 heteroatoms. The van der Waals surface area contributed by atoms with Gasteiger partial charge in [0.25, 0.3) is 0 Å². The summed E-state index contributed by atoms with van der Waals surface area (Å²) in [5, 5.41) is 9.92. The monoisotopic (exact) mass is 255 g/mol. The number of aliphatic hydroxyl groups is 1. The molecule has 0 aliphatic carbocycles. The molecule has 0 unspecified atom stereocenters. The average molecular weight is 255 g/mol. The van der Waals surface area contributed by atoms with Gasteiger partial charge in [-0.1, -0.05) is 0 Å². The molecule has 16 heavy (non-hydrogen) atoms. The van der Waals surface area contributed by atoms with Gasteiger partial charge in [-0.15, -0.1) is 11.3 Å². The van der Waals surface area contributed by atoms with Gasteiger partial charge in [-0.25, -0.2) is 9.97 Å². The molecular weight excluding hydrogens is 242 g/mol. The lowest BCUT2D eigenvalue weighted by molar-refractivity contribution is 0.271. The molecular formula is C10H13N3OS2. The fourth-order valence-corrected chi connectivity index (χ4v) is 3.33. The van der Waals surface area contributed by atoms with E-state index >= 15 is 0 Å². The van der Waals surface area contributed by atoms with E-state index in [1.165, 1.54) is 16.6 Å². The number of aliphatic hydroxyl groups excluding tert-OH is 1. The molecule has 0 aliphatic heterocycles. The summed E-state index contributed by atoms with van der Waals surface area (Å²) in [4.78, 5) is 9.94. The van der Waals surface area contributed by atoms with Crippen LogP contribution in [0.3, 0.4) is 0 Å². The Bertz CT molecular complexity index is 485. The van der Waals surface area contributed by atoms with Crippen LogP contribution >= 0.6 is 23.1 Å². The van der Waals surface area contributed by atoms with Crippen molar-refractivity contribution in [3.8, 4) is 0 Å². The van der Waals surface area contributed by atoms with Crippen molar-refractivity contribution in [1.29, 1.82) is 0 Å². The van der Waals surface area contributed by atoms with Gasteiger partial charge >= 0.3 is 0 Å². The smallest absolute Gasteiger partial charge is 0.175 e. The third-order valence-corrected chi connectivity index (χ3v) is 4.59. The lowest BCUT2D eigenvalue weighted by Gasteiger charge is -2.00. The lowest BCUT2D eigenvalue weighted by Crippen LogP contribution is -1.96. The first kappa shape index (κ1) is 11.6. The Morgan fingerprint density at radius 3 is 2.75 bits per heavy atom. The lowest BCUT2D eigenvalue weighted by atomic mass is 10.4. The minimum Gasteiger partial charge on any atom is -0.390 e. The maximum Gasteiger partial charge on any atom is 0.175 e. The van der Waals surface area contributed by atoms with Gasteiger partial charge in [0.2, 0.25) is 0 Å². The molecule has 0 bridgehead atoms. The van der Waals surface area contributed by atoms with Crippen molar-refractivity contribution in [3.05, 3.63) is 22.5 Å². The molecule has 2 aromatic rings. The predicted molar refractivity (Wildman–Crippen MR) is 64.8 cm³/mol. The second-order valence-corrected chi connectivity index (χ2v) is 5.89. The van der Waals surface area contributed by atoms with E-state index < -0.39 is 0 Å². The van der Waals surface area contributed by atoms with Crippen molar-refractivity contribution in [1.82, 2.24) is 14.5 Å². The van der Waals surface area contributed by atoms with E-state index in [0.29, 0.717) is 0 Å². The van der Waals surface area contributed by atoms with E-state index in [1.54, 1.807) is 17.5 Å². The SMILES string of the molecule is Cc1nc(Sc2ncc(CO)n2C)sc1C. The molecule has 0 spiro atoms. The second-order valence-electron chi connectivity index (χ2n) is 3.47. The van der Waals surface area contributed by atoms with Crippen molar-refractivity contribution in [2.45, 2.75) is 30.0 Å². The normalized spacial score (nSPS) is 11.0. The van der Waals surface area contributed by atoms with Crippen LogP contribution in [0.1, 0.15) is 16.3 Å². The highest BCUT2D eigenvalue weighted by molar-refractivity contribution is 8.00. The van der Waals surface area contributed by atoms with Crippen molar-refractivity contribution < 1.29 is 5.11 Å². The summed E-state index contributed by atoms with van der Waals surface area (Å²) in [6, 6.07) is 0. The highest BCUT2D eigenvalue weighted by Crippen LogP contribution is 2.31. The summed E-state index contributed by atoms with van der Waals surface area (Å²) in [6.45, 7) is 4.09. The molecule has 86 valence electrons. The van der Waals surface area contributed by atoms with E-state index in [9.17, 15) is 0 Å². The van der Waals surface area contributed by atoms with Crippen LogP contribution in [0, 0.1) is 13.8 Å². The van der Waals surface area contributed by atoms with Crippen molar-refractivity contribution >= 4 is 23.1 Å². The first-order valence-corrected chi connectivity index (χ1v) is 6.48. The van der Waals surface area contributed by atoms with Crippen molar-refractivity contribution in [3.63, 3.8) is 0 Å². The zero-order valence-corrected chi connectivity index (χ0v) is 11.0. The van der Waals surface area contributed by atoms with E-state index in [-0.39, 0.29) is 6.61 Å². The number of imidazole rings is 1. The number of rotatable bonds is 3. The number of aromatic nitrogens is 3. The van der Waals surface area contributed by atoms with Crippen LogP contribution in [-0.4, -0.2) is 19.6 Å². The highest BCUT2D eigenvalue weighted by atomic mass is 32.2. The summed E-state index contributed by atoms with van der Waals surface area (Å²) < 4.78 is 2.88. The largest absolute Gasteiger partial charge is 0.390 e. The Labute approximate surface area is 102 Å². The molecule has 4 nitrogen and oxygen atoms in total. The van der Waals surface area contributed by atoms with Crippen molar-refractivity contribution in [2.24, 2.45) is 7.05 Å². The van der Waals surface area contributed by atoms with Gasteiger partial charge in [0.1, 0.15) is 0 Å². The first-order valence-electron chi connectivity index (χ1n) is 4.85. The van der Waals surface area contributed by atoms with E-state index in [1.807, 2.05) is 18.5 Å². The van der Waals surface area contributed by atoms with Gasteiger partial charge < -0.3 is 9.67 Å². The molecule has 2 aromatic heterocycles. The number of aryl methyl sites for hydroxylation is 2. The fourth-order valence-electron chi connectivity index (χ4n) is 1.23. The van der Waals surface area contributed by atoms with Crippen molar-refractivity contribution in [2.75, 3.05) is 0 Å². The number of thiazole rings is 1. The van der Waals surface area contributed by atoms with Crippen LogP contribution in [0.15, 0.2) is 15.7 Å². The Hall–Kier alpha value is -0.850. The maximum atomic E-state index is 9.06. The Morgan fingerprint density at radius 1 is 1.50 bits per heavy atom. The van der Waals surface area contributed by atoms with Crippen LogP contribution in [-0.2, 0) is 13.7 Å². The molecule has 0 radical (unpaired) electrons. The molecule has 1 N–H and O–H groups in total. The minimum absolute atomic E-state index is 0.0139. The predicted octanol–water partition coefficient (Wildman–Crippen LogP) is 2.14. The summed E-state index contributed by atoms with van der Waals surface area (Å²) >= 11 is 3.20. The highest BCUT2D eigenvalue weighted by Gasteiger charge is 2.11. The molecule has 0 fully saturated rings. The number of nitrogens with zero attached hydrogens (tertiary/aromatic N) is 3. The molecule has 2 heterocycles. The number of hydrogen-bond acceptors (Lipinski definition) is 5. The molecule has 0 aromatic carbocycles. The molecule has 0 atom stereocenters. The van der Waals surface area contributed by atoms with Gasteiger partial charge in [0, 0.05) is 11.9 Å². The summed E-state index contributed by atoms with van der Waals surface area (Å²) in [7, 11) is 1.90. The quantitative estimate of drug-likeness (QED) is 0.913. The minimum atomic E-state index is 0.0139. The van der Waals surface area contributed by atoms with Crippen LogP contribution in [0.25, 0.3) is 0 Å². The molecule has 0 aliphatic rings. The van der Waals surface area contributed by atoms with E-state index in [4.69, 9.17) is 5.11 Å². The average Bonchev–Trinajstić information content (AvgIpc) is 2.74. The Morgan fingerprint density at radius 2 is 2.25 bits per heavy atom. The van der Waals surface area contributed by atoms with Gasteiger partial charge in [-0.05, 0) is 25.6 Å². The summed E-state index contributed by atoms with van der Waals surface area (Å²) in [5.74, 6) is 0. The molecule has 0 saturated heterocycles. The third-order valence-electron chi connectivity index (χ3n) is 2.39. The summed E-state index contributed by atoms with van der Waals surface area (Å²) in [6.07, 6.45) is 1.69. The fraction of sp³-hybridized carbons (Fsp3) is 0.400. The van der Waals surface area contributed by atoms with Crippen LogP contribution in [0.4, 0.5) is 0 Å². The van der Waals surface area contributed by atoms with Gasteiger partial charge in [-0.2, -0.15) is 0 Å². The van der Waals surface area contributed by atoms with E-state index in [0.717, 1.165) is 20.9 Å². The van der Waals surface area contributed by atoms with Gasteiger partial charge in [0.15, 0.2) is 9.50 Å². The van der Waals surface area contributed by atoms with E-state index in [2.05, 4.69) is 16.9 Å². The Kier molecular flexibility index (Phi) is 3.32. The van der Waals surface area contributed by atoms with Crippen LogP contribution in [0.5, 0.6) is 0 Å². The Balaban J connectivity index is 2.23. The zero-order chi connectivity index (χ0) is 11.7. The number of hydrogen-bond donors (Lipinski definition) is 1. The summed E-state index contributed by atoms with van der Waals surface area (Å²) in [5.41, 5.74) is 1.89. The maximum absolute atomic E-state index is 9.06. The first-order chi connectivity index (χ1) is 7.61. The molecule has 0 amide bonds. The van der Waals surface area contributed by atoms with Gasteiger partial charge in [-0.3, -0.25) is 0 Å². The molecule has 0 saturated carbocycles. The molecule has 2 rings (SSSR count). The van der Waals surface area contributed by atoms with Crippen LogP contribution in [0.2, 0.25) is 0 Å². The van der Waals surface area contributed by atoms with Crippen LogP contribution < -0.4 is 0 Å². The second kappa shape index (κ2) is 4.57. The van der Waals surface area contributed by atoms with Gasteiger partial charge in [0.05, 0.1) is 24.2 Å².